The minimum Gasteiger partial charge on any atom is -0.488 e. The lowest BCUT2D eigenvalue weighted by atomic mass is 9.93. The zero-order valence-corrected chi connectivity index (χ0v) is 26.0. The molecule has 0 saturated heterocycles. The van der Waals surface area contributed by atoms with Crippen molar-refractivity contribution in [2.45, 2.75) is 13.0 Å². The lowest BCUT2D eigenvalue weighted by molar-refractivity contribution is -0.138. The zero-order valence-electron chi connectivity index (χ0n) is 21.5. The molecule has 2 heterocycles. The van der Waals surface area contributed by atoms with Crippen molar-refractivity contribution in [1.82, 2.24) is 4.57 Å². The Labute approximate surface area is 257 Å². The highest BCUT2D eigenvalue weighted by Gasteiger charge is 2.35. The third kappa shape index (κ3) is 5.63. The van der Waals surface area contributed by atoms with Crippen molar-refractivity contribution in [3.63, 3.8) is 0 Å². The summed E-state index contributed by atoms with van der Waals surface area (Å²) in [5, 5.41) is 0. The number of benzene rings is 3. The first-order valence-corrected chi connectivity index (χ1v) is 15.2. The standard InChI is InChI=1S/C31H24BrIN2O4S/c1-3-15-39-28-21(16-22(32)18-23(28)33)17-24-29(36)35-27(20-13-9-6-10-14-20)25(30(37)38-4-2)26(34-31(35)40-24)19-11-7-5-8-12-19/h3,5-14,16-18,27H,1,4,15H2,2H3/b24-17-/t27-/m0/s1. The van der Waals surface area contributed by atoms with E-state index in [1.807, 2.05) is 78.9 Å². The van der Waals surface area contributed by atoms with Gasteiger partial charge in [0, 0.05) is 15.6 Å². The fourth-order valence-corrected chi connectivity index (χ4v) is 7.21. The Balaban J connectivity index is 1.81. The van der Waals surface area contributed by atoms with E-state index >= 15 is 0 Å². The summed E-state index contributed by atoms with van der Waals surface area (Å²) in [6, 6.07) is 22.2. The number of hydrogen-bond acceptors (Lipinski definition) is 6. The minimum absolute atomic E-state index is 0.200. The number of halogens is 2. The molecule has 1 aliphatic rings. The van der Waals surface area contributed by atoms with Crippen LogP contribution < -0.4 is 19.6 Å². The monoisotopic (exact) mass is 726 g/mol. The van der Waals surface area contributed by atoms with E-state index in [2.05, 4.69) is 45.1 Å². The van der Waals surface area contributed by atoms with Gasteiger partial charge in [0.05, 0.1) is 32.0 Å². The molecule has 4 aromatic rings. The van der Waals surface area contributed by atoms with Crippen molar-refractivity contribution in [3.8, 4) is 5.75 Å². The van der Waals surface area contributed by atoms with Gasteiger partial charge >= 0.3 is 5.97 Å². The summed E-state index contributed by atoms with van der Waals surface area (Å²) in [7, 11) is 0. The van der Waals surface area contributed by atoms with Gasteiger partial charge in [-0.1, -0.05) is 101 Å². The molecule has 0 N–H and O–H groups in total. The zero-order chi connectivity index (χ0) is 28.2. The van der Waals surface area contributed by atoms with E-state index in [0.717, 1.165) is 24.7 Å². The maximum Gasteiger partial charge on any atom is 0.338 e. The number of carbonyl (C=O) groups is 1. The number of rotatable bonds is 8. The Bertz CT molecular complexity index is 1800. The third-order valence-corrected chi connectivity index (χ3v) is 8.40. The number of hydrogen-bond donors (Lipinski definition) is 0. The van der Waals surface area contributed by atoms with Crippen LogP contribution in [0.5, 0.6) is 5.75 Å². The van der Waals surface area contributed by atoms with Crippen molar-refractivity contribution in [2.75, 3.05) is 13.2 Å². The SMILES string of the molecule is C=CCOc1c(I)cc(Br)cc1/C=c1\sc2n(c1=O)[C@@H](c1ccccc1)C(C(=O)OCC)=C(c1ccccc1)N=2. The summed E-state index contributed by atoms with van der Waals surface area (Å²) < 4.78 is 15.3. The van der Waals surface area contributed by atoms with Gasteiger partial charge in [-0.3, -0.25) is 9.36 Å². The van der Waals surface area contributed by atoms with E-state index in [0.29, 0.717) is 33.0 Å². The number of fused-ring (bicyclic) bond motifs is 1. The Morgan fingerprint density at radius 1 is 1.15 bits per heavy atom. The van der Waals surface area contributed by atoms with Crippen LogP contribution in [0, 0.1) is 3.57 Å². The van der Waals surface area contributed by atoms with Gasteiger partial charge in [-0.25, -0.2) is 9.79 Å². The quantitative estimate of drug-likeness (QED) is 0.130. The number of nitrogens with zero attached hydrogens (tertiary/aromatic N) is 2. The molecular formula is C31H24BrIN2O4S. The van der Waals surface area contributed by atoms with Crippen LogP contribution in [0.25, 0.3) is 11.8 Å². The summed E-state index contributed by atoms with van der Waals surface area (Å²) in [6.07, 6.45) is 3.49. The van der Waals surface area contributed by atoms with E-state index in [9.17, 15) is 9.59 Å². The molecule has 3 aromatic carbocycles. The molecule has 1 atom stereocenters. The Hall–Kier alpha value is -3.28. The average molecular weight is 727 g/mol. The van der Waals surface area contributed by atoms with E-state index < -0.39 is 12.0 Å². The Morgan fingerprint density at radius 3 is 2.52 bits per heavy atom. The van der Waals surface area contributed by atoms with E-state index in [4.69, 9.17) is 14.5 Å². The normalized spacial score (nSPS) is 14.9. The van der Waals surface area contributed by atoms with Crippen LogP contribution in [0.2, 0.25) is 0 Å². The highest BCUT2D eigenvalue weighted by molar-refractivity contribution is 14.1. The number of carbonyl (C=O) groups excluding carboxylic acids is 1. The topological polar surface area (TPSA) is 69.9 Å². The summed E-state index contributed by atoms with van der Waals surface area (Å²) >= 11 is 7.04. The third-order valence-electron chi connectivity index (χ3n) is 6.16. The van der Waals surface area contributed by atoms with Crippen LogP contribution in [0.1, 0.15) is 29.7 Å². The minimum atomic E-state index is -0.715. The number of thiazole rings is 1. The second-order valence-corrected chi connectivity index (χ2v) is 11.8. The summed E-state index contributed by atoms with van der Waals surface area (Å²) in [5.41, 5.74) is 2.86. The van der Waals surface area contributed by atoms with Gasteiger partial charge in [-0.05, 0) is 53.3 Å². The number of esters is 1. The Kier molecular flexibility index (Phi) is 8.82. The van der Waals surface area contributed by atoms with Crippen molar-refractivity contribution in [1.29, 1.82) is 0 Å². The van der Waals surface area contributed by atoms with Crippen molar-refractivity contribution >= 4 is 67.6 Å². The summed E-state index contributed by atoms with van der Waals surface area (Å²) in [6.45, 7) is 6.04. The maximum absolute atomic E-state index is 14.1. The Morgan fingerprint density at radius 2 is 1.85 bits per heavy atom. The van der Waals surface area contributed by atoms with Gasteiger partial charge < -0.3 is 9.47 Å². The molecule has 0 amide bonds. The van der Waals surface area contributed by atoms with Crippen LogP contribution in [-0.2, 0) is 9.53 Å². The van der Waals surface area contributed by atoms with Gasteiger partial charge in [0.15, 0.2) is 4.80 Å². The first-order chi connectivity index (χ1) is 19.4. The van der Waals surface area contributed by atoms with Gasteiger partial charge in [-0.15, -0.1) is 0 Å². The average Bonchev–Trinajstić information content (AvgIpc) is 3.27. The van der Waals surface area contributed by atoms with Crippen molar-refractivity contribution < 1.29 is 14.3 Å². The van der Waals surface area contributed by atoms with Crippen LogP contribution in [-0.4, -0.2) is 23.8 Å². The molecule has 5 rings (SSSR count). The molecule has 0 bridgehead atoms. The molecule has 1 aliphatic heterocycles. The fraction of sp³-hybridized carbons (Fsp3) is 0.129. The van der Waals surface area contributed by atoms with Crippen LogP contribution in [0.15, 0.2) is 105 Å². The summed E-state index contributed by atoms with van der Waals surface area (Å²) in [5.74, 6) is 0.154. The van der Waals surface area contributed by atoms with E-state index in [1.54, 1.807) is 17.6 Å². The van der Waals surface area contributed by atoms with Gasteiger partial charge in [0.2, 0.25) is 0 Å². The fourth-order valence-electron chi connectivity index (χ4n) is 4.51. The van der Waals surface area contributed by atoms with E-state index in [1.165, 1.54) is 11.3 Å². The van der Waals surface area contributed by atoms with E-state index in [-0.39, 0.29) is 12.2 Å². The lowest BCUT2D eigenvalue weighted by Gasteiger charge is -2.25. The highest BCUT2D eigenvalue weighted by atomic mass is 127. The molecule has 9 heteroatoms. The van der Waals surface area contributed by atoms with Gasteiger partial charge in [0.1, 0.15) is 12.4 Å². The predicted molar refractivity (Wildman–Crippen MR) is 170 cm³/mol. The van der Waals surface area contributed by atoms with Gasteiger partial charge in [0.25, 0.3) is 5.56 Å². The van der Waals surface area contributed by atoms with Crippen LogP contribution >= 0.6 is 49.9 Å². The van der Waals surface area contributed by atoms with Crippen molar-refractivity contribution in [2.24, 2.45) is 4.99 Å². The molecule has 40 heavy (non-hydrogen) atoms. The maximum atomic E-state index is 14.1. The molecule has 0 aliphatic carbocycles. The largest absolute Gasteiger partial charge is 0.488 e. The molecule has 0 spiro atoms. The molecule has 1 aromatic heterocycles. The second-order valence-electron chi connectivity index (χ2n) is 8.75. The van der Waals surface area contributed by atoms with Crippen molar-refractivity contribution in [3.05, 3.63) is 135 Å². The highest BCUT2D eigenvalue weighted by Crippen LogP contribution is 2.35. The molecule has 0 unspecified atom stereocenters. The lowest BCUT2D eigenvalue weighted by Crippen LogP contribution is -2.40. The molecule has 0 saturated carbocycles. The smallest absolute Gasteiger partial charge is 0.338 e. The molecule has 0 fully saturated rings. The molecule has 6 nitrogen and oxygen atoms in total. The summed E-state index contributed by atoms with van der Waals surface area (Å²) in [4.78, 5) is 33.0. The van der Waals surface area contributed by atoms with Gasteiger partial charge in [-0.2, -0.15) is 0 Å². The molecule has 0 radical (unpaired) electrons. The van der Waals surface area contributed by atoms with Crippen LogP contribution in [0.3, 0.4) is 0 Å². The first-order valence-electron chi connectivity index (χ1n) is 12.5. The number of aromatic nitrogens is 1. The predicted octanol–water partition coefficient (Wildman–Crippen LogP) is 5.87. The molecular weight excluding hydrogens is 703 g/mol. The van der Waals surface area contributed by atoms with Crippen LogP contribution in [0.4, 0.5) is 0 Å². The first kappa shape index (κ1) is 28.3. The number of ether oxygens (including phenoxy) is 2. The molecule has 202 valence electrons. The second kappa shape index (κ2) is 12.5.